The first-order valence-electron chi connectivity index (χ1n) is 12.3. The van der Waals surface area contributed by atoms with Gasteiger partial charge in [0.05, 0.1) is 34.0 Å². The summed E-state index contributed by atoms with van der Waals surface area (Å²) in [7, 11) is 0. The average molecular weight is 542 g/mol. The Morgan fingerprint density at radius 1 is 1.02 bits per heavy atom. The van der Waals surface area contributed by atoms with Crippen LogP contribution in [-0.2, 0) is 4.79 Å². The van der Waals surface area contributed by atoms with Crippen LogP contribution in [0, 0.1) is 22.7 Å². The van der Waals surface area contributed by atoms with Crippen molar-refractivity contribution in [1.82, 2.24) is 4.98 Å². The van der Waals surface area contributed by atoms with Crippen molar-refractivity contribution in [1.29, 1.82) is 10.5 Å². The number of hydrogen-bond donors (Lipinski definition) is 1. The lowest BCUT2D eigenvalue weighted by Crippen LogP contribution is -2.18. The molecule has 0 saturated carbocycles. The Morgan fingerprint density at radius 2 is 1.80 bits per heavy atom. The summed E-state index contributed by atoms with van der Waals surface area (Å²) in [5, 5.41) is 34.5. The maximum absolute atomic E-state index is 11.3. The zero-order chi connectivity index (χ0) is 27.6. The Labute approximate surface area is 233 Å². The van der Waals surface area contributed by atoms with Crippen molar-refractivity contribution in [3.05, 3.63) is 111 Å². The van der Waals surface area contributed by atoms with E-state index in [1.165, 1.54) is 17.4 Å². The summed E-state index contributed by atoms with van der Waals surface area (Å²) in [5.74, 6) is -0.719. The molecule has 9 heteroatoms. The smallest absolute Gasteiger partial charge is 0.346 e. The van der Waals surface area contributed by atoms with E-state index in [1.54, 1.807) is 24.3 Å². The van der Waals surface area contributed by atoms with E-state index in [0.29, 0.717) is 22.8 Å². The second-order valence-corrected chi connectivity index (χ2v) is 10.2. The van der Waals surface area contributed by atoms with Crippen LogP contribution in [-0.4, -0.2) is 21.8 Å². The molecule has 0 saturated heterocycles. The standard InChI is InChI=1S/C31H19N5O3S/c32-17-19-5-7-20(8-6-19)27-16-26(29-14-13-24(40-29)15-22(18-33)31(37)38)35-36(27)23-11-9-21(10-12-23)30-34-25-3-1-2-4-28(25)39-30/h1-15,27H,16H2,(H,37,38)/b22-15+. The van der Waals surface area contributed by atoms with Crippen LogP contribution in [0.5, 0.6) is 0 Å². The molecule has 0 fully saturated rings. The molecule has 5 aromatic rings. The molecule has 8 nitrogen and oxygen atoms in total. The van der Waals surface area contributed by atoms with Crippen molar-refractivity contribution in [2.24, 2.45) is 5.10 Å². The van der Waals surface area contributed by atoms with Gasteiger partial charge in [0.25, 0.3) is 0 Å². The summed E-state index contributed by atoms with van der Waals surface area (Å²) >= 11 is 1.38. The van der Waals surface area contributed by atoms with E-state index >= 15 is 0 Å². The van der Waals surface area contributed by atoms with Crippen molar-refractivity contribution in [2.75, 3.05) is 5.01 Å². The van der Waals surface area contributed by atoms with Gasteiger partial charge in [-0.25, -0.2) is 9.78 Å². The minimum atomic E-state index is -1.26. The number of carbonyl (C=O) groups is 1. The molecule has 1 unspecified atom stereocenters. The van der Waals surface area contributed by atoms with Gasteiger partial charge in [0.2, 0.25) is 5.89 Å². The number of anilines is 1. The topological polar surface area (TPSA) is 127 Å². The third-order valence-electron chi connectivity index (χ3n) is 6.56. The van der Waals surface area contributed by atoms with Crippen LogP contribution in [0.2, 0.25) is 0 Å². The summed E-state index contributed by atoms with van der Waals surface area (Å²) in [6.45, 7) is 0. The molecule has 3 heterocycles. The van der Waals surface area contributed by atoms with Crippen LogP contribution in [0.3, 0.4) is 0 Å². The Morgan fingerprint density at radius 3 is 2.50 bits per heavy atom. The highest BCUT2D eigenvalue weighted by molar-refractivity contribution is 7.15. The fourth-order valence-electron chi connectivity index (χ4n) is 4.56. The van der Waals surface area contributed by atoms with Crippen LogP contribution in [0.15, 0.2) is 100 Å². The molecule has 3 aromatic carbocycles. The highest BCUT2D eigenvalue weighted by atomic mass is 32.1. The zero-order valence-corrected chi connectivity index (χ0v) is 21.7. The molecule has 2 aromatic heterocycles. The lowest BCUT2D eigenvalue weighted by atomic mass is 9.99. The summed E-state index contributed by atoms with van der Waals surface area (Å²) in [5.41, 5.74) is 5.36. The van der Waals surface area contributed by atoms with Gasteiger partial charge in [-0.1, -0.05) is 24.3 Å². The first-order valence-corrected chi connectivity index (χ1v) is 13.1. The van der Waals surface area contributed by atoms with E-state index < -0.39 is 5.97 Å². The predicted octanol–water partition coefficient (Wildman–Crippen LogP) is 6.78. The lowest BCUT2D eigenvalue weighted by Gasteiger charge is -2.24. The number of carboxylic acid groups (broad SMARTS) is 1. The summed E-state index contributed by atoms with van der Waals surface area (Å²) in [6, 6.07) is 30.4. The van der Waals surface area contributed by atoms with E-state index in [4.69, 9.17) is 14.8 Å². The number of rotatable bonds is 6. The molecule has 1 aliphatic rings. The SMILES string of the molecule is N#C/C(=C\c1ccc(C2=NN(c3ccc(-c4nc5ccccc5o4)cc3)C(c3ccc(C#N)cc3)C2)s1)C(=O)O. The molecule has 0 aliphatic carbocycles. The number of para-hydroxylation sites is 2. The number of hydrazone groups is 1. The van der Waals surface area contributed by atoms with Gasteiger partial charge in [-0.3, -0.25) is 5.01 Å². The van der Waals surface area contributed by atoms with Gasteiger partial charge in [0.15, 0.2) is 5.58 Å². The van der Waals surface area contributed by atoms with Crippen molar-refractivity contribution in [3.63, 3.8) is 0 Å². The van der Waals surface area contributed by atoms with Crippen molar-refractivity contribution in [2.45, 2.75) is 12.5 Å². The van der Waals surface area contributed by atoms with Crippen molar-refractivity contribution < 1.29 is 14.3 Å². The molecule has 192 valence electrons. The normalized spacial score (nSPS) is 15.1. The molecule has 1 atom stereocenters. The molecule has 40 heavy (non-hydrogen) atoms. The lowest BCUT2D eigenvalue weighted by molar-refractivity contribution is -0.132. The van der Waals surface area contributed by atoms with Gasteiger partial charge in [-0.05, 0) is 72.3 Å². The number of oxazole rings is 1. The zero-order valence-electron chi connectivity index (χ0n) is 20.9. The molecule has 1 aliphatic heterocycles. The fourth-order valence-corrected chi connectivity index (χ4v) is 5.50. The quantitative estimate of drug-likeness (QED) is 0.185. The number of benzene rings is 3. The number of hydrogen-bond acceptors (Lipinski definition) is 8. The molecule has 6 rings (SSSR count). The van der Waals surface area contributed by atoms with Gasteiger partial charge in [0.1, 0.15) is 17.2 Å². The highest BCUT2D eigenvalue weighted by Crippen LogP contribution is 2.39. The second kappa shape index (κ2) is 10.3. The van der Waals surface area contributed by atoms with Gasteiger partial charge >= 0.3 is 5.97 Å². The van der Waals surface area contributed by atoms with E-state index in [1.807, 2.05) is 71.7 Å². The Balaban J connectivity index is 1.34. The Hall–Kier alpha value is -5.51. The molecule has 0 radical (unpaired) electrons. The van der Waals surface area contributed by atoms with Gasteiger partial charge in [0, 0.05) is 16.9 Å². The van der Waals surface area contributed by atoms with Gasteiger partial charge in [-0.15, -0.1) is 11.3 Å². The highest BCUT2D eigenvalue weighted by Gasteiger charge is 2.30. The number of thiophene rings is 1. The van der Waals surface area contributed by atoms with Crippen LogP contribution in [0.4, 0.5) is 5.69 Å². The summed E-state index contributed by atoms with van der Waals surface area (Å²) < 4.78 is 5.92. The van der Waals surface area contributed by atoms with Crippen molar-refractivity contribution >= 4 is 45.9 Å². The molecular weight excluding hydrogens is 522 g/mol. The van der Waals surface area contributed by atoms with Crippen LogP contribution in [0.1, 0.15) is 33.3 Å². The molecule has 0 bridgehead atoms. The molecule has 0 amide bonds. The number of fused-ring (bicyclic) bond motifs is 1. The van der Waals surface area contributed by atoms with Gasteiger partial charge < -0.3 is 9.52 Å². The van der Waals surface area contributed by atoms with Crippen LogP contribution in [0.25, 0.3) is 28.6 Å². The maximum atomic E-state index is 11.3. The summed E-state index contributed by atoms with van der Waals surface area (Å²) in [4.78, 5) is 17.4. The van der Waals surface area contributed by atoms with Crippen LogP contribution >= 0.6 is 11.3 Å². The third-order valence-corrected chi connectivity index (χ3v) is 7.64. The molecule has 0 spiro atoms. The first kappa shape index (κ1) is 24.8. The van der Waals surface area contributed by atoms with Crippen LogP contribution < -0.4 is 5.01 Å². The molecule has 1 N–H and O–H groups in total. The Kier molecular flexibility index (Phi) is 6.41. The largest absolute Gasteiger partial charge is 0.477 e. The van der Waals surface area contributed by atoms with E-state index in [2.05, 4.69) is 11.1 Å². The van der Waals surface area contributed by atoms with E-state index in [-0.39, 0.29) is 11.6 Å². The number of aromatic nitrogens is 1. The molecular formula is C31H19N5O3S. The maximum Gasteiger partial charge on any atom is 0.346 e. The van der Waals surface area contributed by atoms with Crippen molar-refractivity contribution in [3.8, 4) is 23.6 Å². The predicted molar refractivity (Wildman–Crippen MR) is 153 cm³/mol. The third kappa shape index (κ3) is 4.73. The average Bonchev–Trinajstić information content (AvgIpc) is 3.74. The van der Waals surface area contributed by atoms with E-state index in [0.717, 1.165) is 38.5 Å². The monoisotopic (exact) mass is 541 g/mol. The van der Waals surface area contributed by atoms with Gasteiger partial charge in [-0.2, -0.15) is 15.6 Å². The minimum absolute atomic E-state index is 0.118. The minimum Gasteiger partial charge on any atom is -0.477 e. The Bertz CT molecular complexity index is 1850. The second-order valence-electron chi connectivity index (χ2n) is 9.06. The number of aliphatic carboxylic acids is 1. The number of nitrogens with zero attached hydrogens (tertiary/aromatic N) is 5. The first-order chi connectivity index (χ1) is 19.5. The summed E-state index contributed by atoms with van der Waals surface area (Å²) in [6.07, 6.45) is 1.97. The van der Waals surface area contributed by atoms with E-state index in [9.17, 15) is 15.2 Å². The fraction of sp³-hybridized carbons (Fsp3) is 0.0645. The number of carboxylic acids is 1. The number of nitriles is 2.